The highest BCUT2D eigenvalue weighted by molar-refractivity contribution is 6.03. The first-order valence-electron chi connectivity index (χ1n) is 10.7. The summed E-state index contributed by atoms with van der Waals surface area (Å²) in [5, 5.41) is 0. The van der Waals surface area contributed by atoms with Gasteiger partial charge in [0.15, 0.2) is 5.78 Å². The van der Waals surface area contributed by atoms with Crippen molar-refractivity contribution in [2.24, 2.45) is 0 Å². The first-order chi connectivity index (χ1) is 14.0. The Morgan fingerprint density at radius 1 is 1.03 bits per heavy atom. The molecule has 1 fully saturated rings. The van der Waals surface area contributed by atoms with Crippen LogP contribution < -0.4 is 4.90 Å². The number of morpholine rings is 1. The number of likely N-dealkylation sites (N-methyl/N-ethyl adjacent to an activating group) is 1. The van der Waals surface area contributed by atoms with E-state index in [-0.39, 0.29) is 5.78 Å². The molecule has 1 aliphatic rings. The van der Waals surface area contributed by atoms with E-state index in [9.17, 15) is 4.79 Å². The highest BCUT2D eigenvalue weighted by Crippen LogP contribution is 2.29. The number of rotatable bonds is 8. The minimum Gasteiger partial charge on any atom is -0.378 e. The molecular formula is C25H34N2O2. The first-order valence-corrected chi connectivity index (χ1v) is 10.7. The maximum Gasteiger partial charge on any atom is 0.183 e. The van der Waals surface area contributed by atoms with Crippen molar-refractivity contribution in [1.29, 1.82) is 0 Å². The van der Waals surface area contributed by atoms with Crippen molar-refractivity contribution >= 4 is 11.5 Å². The van der Waals surface area contributed by atoms with E-state index < -0.39 is 5.54 Å². The molecule has 0 radical (unpaired) electrons. The van der Waals surface area contributed by atoms with E-state index in [1.54, 1.807) is 0 Å². The lowest BCUT2D eigenvalue weighted by molar-refractivity contribution is 0.0643. The van der Waals surface area contributed by atoms with E-state index in [2.05, 4.69) is 60.0 Å². The lowest BCUT2D eigenvalue weighted by atomic mass is 9.80. The third kappa shape index (κ3) is 4.88. The lowest BCUT2D eigenvalue weighted by Gasteiger charge is -2.38. The van der Waals surface area contributed by atoms with Gasteiger partial charge in [0.25, 0.3) is 0 Å². The Hall–Kier alpha value is -2.17. The SMILES string of the molecule is CCC(CCc1ccc(C)cc1)(C(=O)c1ccc(N2CCOCC2)cc1)N(C)C. The zero-order valence-corrected chi connectivity index (χ0v) is 18.3. The van der Waals surface area contributed by atoms with E-state index in [1.165, 1.54) is 11.1 Å². The van der Waals surface area contributed by atoms with Crippen LogP contribution in [0.3, 0.4) is 0 Å². The van der Waals surface area contributed by atoms with Gasteiger partial charge >= 0.3 is 0 Å². The van der Waals surface area contributed by atoms with Crippen LogP contribution in [0.25, 0.3) is 0 Å². The molecule has 4 nitrogen and oxygen atoms in total. The van der Waals surface area contributed by atoms with Crippen molar-refractivity contribution in [3.63, 3.8) is 0 Å². The van der Waals surface area contributed by atoms with E-state index in [4.69, 9.17) is 4.74 Å². The van der Waals surface area contributed by atoms with Gasteiger partial charge < -0.3 is 9.64 Å². The quantitative estimate of drug-likeness (QED) is 0.623. The minimum atomic E-state index is -0.495. The fourth-order valence-electron chi connectivity index (χ4n) is 4.21. The molecule has 29 heavy (non-hydrogen) atoms. The molecule has 4 heteroatoms. The molecular weight excluding hydrogens is 360 g/mol. The van der Waals surface area contributed by atoms with Gasteiger partial charge in [-0.25, -0.2) is 0 Å². The second-order valence-electron chi connectivity index (χ2n) is 8.24. The topological polar surface area (TPSA) is 32.8 Å². The number of carbonyl (C=O) groups is 1. The lowest BCUT2D eigenvalue weighted by Crippen LogP contribution is -2.51. The van der Waals surface area contributed by atoms with E-state index in [1.807, 2.05) is 26.2 Å². The Labute approximate surface area is 175 Å². The zero-order chi connectivity index (χ0) is 20.9. The highest BCUT2D eigenvalue weighted by Gasteiger charge is 2.39. The van der Waals surface area contributed by atoms with Crippen LogP contribution in [0, 0.1) is 6.92 Å². The molecule has 2 aromatic carbocycles. The fraction of sp³-hybridized carbons (Fsp3) is 0.480. The van der Waals surface area contributed by atoms with Gasteiger partial charge in [0, 0.05) is 24.3 Å². The number of aryl methyl sites for hydroxylation is 2. The van der Waals surface area contributed by atoms with Gasteiger partial charge in [0.05, 0.1) is 18.8 Å². The van der Waals surface area contributed by atoms with Crippen molar-refractivity contribution < 1.29 is 9.53 Å². The Morgan fingerprint density at radius 3 is 2.21 bits per heavy atom. The normalized spacial score (nSPS) is 16.7. The average Bonchev–Trinajstić information content (AvgIpc) is 2.76. The molecule has 0 saturated carbocycles. The smallest absolute Gasteiger partial charge is 0.183 e. The molecule has 2 aromatic rings. The molecule has 0 aliphatic carbocycles. The zero-order valence-electron chi connectivity index (χ0n) is 18.3. The summed E-state index contributed by atoms with van der Waals surface area (Å²) in [6, 6.07) is 16.8. The summed E-state index contributed by atoms with van der Waals surface area (Å²) in [5.41, 5.74) is 4.01. The number of anilines is 1. The van der Waals surface area contributed by atoms with Crippen LogP contribution in [0.1, 0.15) is 41.3 Å². The van der Waals surface area contributed by atoms with E-state index in [0.29, 0.717) is 0 Å². The Morgan fingerprint density at radius 2 is 1.66 bits per heavy atom. The Bertz CT molecular complexity index is 793. The summed E-state index contributed by atoms with van der Waals surface area (Å²) in [6.45, 7) is 7.55. The predicted molar refractivity (Wildman–Crippen MR) is 120 cm³/mol. The van der Waals surface area contributed by atoms with Crippen LogP contribution in [0.5, 0.6) is 0 Å². The Balaban J connectivity index is 1.78. The van der Waals surface area contributed by atoms with Crippen LogP contribution in [-0.2, 0) is 11.2 Å². The molecule has 0 spiro atoms. The number of hydrogen-bond acceptors (Lipinski definition) is 4. The number of ether oxygens (including phenoxy) is 1. The standard InChI is InChI=1S/C25H34N2O2/c1-5-25(26(3)4,15-14-21-8-6-20(2)7-9-21)24(28)22-10-12-23(13-11-22)27-16-18-29-19-17-27/h6-13H,5,14-19H2,1-4H3. The average molecular weight is 395 g/mol. The number of ketones is 1. The molecule has 1 aliphatic heterocycles. The largest absolute Gasteiger partial charge is 0.378 e. The summed E-state index contributed by atoms with van der Waals surface area (Å²) in [4.78, 5) is 18.1. The van der Waals surface area contributed by atoms with Gasteiger partial charge in [0.2, 0.25) is 0 Å². The molecule has 1 unspecified atom stereocenters. The molecule has 0 N–H and O–H groups in total. The molecule has 0 amide bonds. The summed E-state index contributed by atoms with van der Waals surface area (Å²) in [7, 11) is 4.05. The molecule has 0 bridgehead atoms. The van der Waals surface area contributed by atoms with Crippen molar-refractivity contribution in [1.82, 2.24) is 4.90 Å². The van der Waals surface area contributed by atoms with E-state index >= 15 is 0 Å². The number of carbonyl (C=O) groups excluding carboxylic acids is 1. The van der Waals surface area contributed by atoms with Crippen molar-refractivity contribution in [3.05, 3.63) is 65.2 Å². The molecule has 156 valence electrons. The summed E-state index contributed by atoms with van der Waals surface area (Å²) in [5.74, 6) is 0.214. The van der Waals surface area contributed by atoms with Crippen molar-refractivity contribution in [3.8, 4) is 0 Å². The van der Waals surface area contributed by atoms with E-state index in [0.717, 1.165) is 56.8 Å². The molecule has 1 saturated heterocycles. The van der Waals surface area contributed by atoms with Gasteiger partial charge in [-0.05, 0) is 70.1 Å². The van der Waals surface area contributed by atoms with Crippen LogP contribution >= 0.6 is 0 Å². The van der Waals surface area contributed by atoms with Gasteiger partial charge in [-0.2, -0.15) is 0 Å². The molecule has 1 atom stereocenters. The molecule has 0 aromatic heterocycles. The second-order valence-corrected chi connectivity index (χ2v) is 8.24. The van der Waals surface area contributed by atoms with Crippen LogP contribution in [-0.4, -0.2) is 56.6 Å². The van der Waals surface area contributed by atoms with Gasteiger partial charge in [-0.1, -0.05) is 36.8 Å². The van der Waals surface area contributed by atoms with Gasteiger partial charge in [0.1, 0.15) is 0 Å². The molecule has 3 rings (SSSR count). The summed E-state index contributed by atoms with van der Waals surface area (Å²) in [6.07, 6.45) is 2.49. The van der Waals surface area contributed by atoms with Crippen molar-refractivity contribution in [2.45, 2.75) is 38.6 Å². The molecule has 1 heterocycles. The fourth-order valence-corrected chi connectivity index (χ4v) is 4.21. The summed E-state index contributed by atoms with van der Waals surface area (Å²) < 4.78 is 5.44. The minimum absolute atomic E-state index is 0.214. The Kier molecular flexibility index (Phi) is 7.09. The maximum absolute atomic E-state index is 13.6. The van der Waals surface area contributed by atoms with Crippen LogP contribution in [0.4, 0.5) is 5.69 Å². The first kappa shape index (κ1) is 21.5. The summed E-state index contributed by atoms with van der Waals surface area (Å²) >= 11 is 0. The number of nitrogens with zero attached hydrogens (tertiary/aromatic N) is 2. The maximum atomic E-state index is 13.6. The monoisotopic (exact) mass is 394 g/mol. The number of benzene rings is 2. The third-order valence-corrected chi connectivity index (χ3v) is 6.32. The van der Waals surface area contributed by atoms with Gasteiger partial charge in [-0.3, -0.25) is 9.69 Å². The third-order valence-electron chi connectivity index (χ3n) is 6.32. The predicted octanol–water partition coefficient (Wildman–Crippen LogP) is 4.36. The van der Waals surface area contributed by atoms with Gasteiger partial charge in [-0.15, -0.1) is 0 Å². The highest BCUT2D eigenvalue weighted by atomic mass is 16.5. The number of Topliss-reactive ketones (excluding diaryl/α,β-unsaturated/α-hetero) is 1. The number of hydrogen-bond donors (Lipinski definition) is 0. The van der Waals surface area contributed by atoms with Crippen molar-refractivity contribution in [2.75, 3.05) is 45.3 Å². The second kappa shape index (κ2) is 9.55. The van der Waals surface area contributed by atoms with Crippen LogP contribution in [0.15, 0.2) is 48.5 Å². The van der Waals surface area contributed by atoms with Crippen LogP contribution in [0.2, 0.25) is 0 Å².